The van der Waals surface area contributed by atoms with E-state index in [1.165, 1.54) is 24.1 Å². The summed E-state index contributed by atoms with van der Waals surface area (Å²) in [7, 11) is 0. The van der Waals surface area contributed by atoms with Crippen LogP contribution in [0.25, 0.3) is 0 Å². The molecule has 1 aromatic heterocycles. The van der Waals surface area contributed by atoms with Crippen molar-refractivity contribution in [2.75, 3.05) is 0 Å². The van der Waals surface area contributed by atoms with Crippen LogP contribution in [-0.2, 0) is 23.1 Å². The van der Waals surface area contributed by atoms with Crippen LogP contribution in [0.15, 0.2) is 0 Å². The van der Waals surface area contributed by atoms with Gasteiger partial charge in [0.1, 0.15) is 0 Å². The molecule has 92 valence electrons. The molecule has 1 heterocycles. The molecular weight excluding hydrogens is 216 g/mol. The van der Waals surface area contributed by atoms with Crippen LogP contribution in [0, 0.1) is 0 Å². The molecule has 0 bridgehead atoms. The van der Waals surface area contributed by atoms with Crippen molar-refractivity contribution in [3.05, 3.63) is 17.0 Å². The molecule has 0 atom stereocenters. The van der Waals surface area contributed by atoms with Crippen molar-refractivity contribution in [2.24, 2.45) is 0 Å². The van der Waals surface area contributed by atoms with Crippen molar-refractivity contribution in [3.63, 3.8) is 0 Å². The number of rotatable bonds is 3. The second-order valence-corrected chi connectivity index (χ2v) is 5.44. The second kappa shape index (κ2) is 3.86. The fourth-order valence-electron chi connectivity index (χ4n) is 3.31. The molecule has 4 nitrogen and oxygen atoms in total. The lowest BCUT2D eigenvalue weighted by Crippen LogP contribution is -2.38. The number of aromatic amines is 1. The van der Waals surface area contributed by atoms with E-state index >= 15 is 0 Å². The van der Waals surface area contributed by atoms with Gasteiger partial charge in [-0.1, -0.05) is 6.42 Å². The molecule has 4 heteroatoms. The highest BCUT2D eigenvalue weighted by Crippen LogP contribution is 2.48. The maximum Gasteiger partial charge on any atom is 0.304 e. The fourth-order valence-corrected chi connectivity index (χ4v) is 3.31. The Kier molecular flexibility index (Phi) is 2.45. The Hall–Kier alpha value is -1.32. The molecule has 2 aliphatic rings. The van der Waals surface area contributed by atoms with Crippen LogP contribution in [0.1, 0.15) is 55.5 Å². The summed E-state index contributed by atoms with van der Waals surface area (Å²) >= 11 is 0. The van der Waals surface area contributed by atoms with E-state index in [0.717, 1.165) is 37.8 Å². The summed E-state index contributed by atoms with van der Waals surface area (Å²) in [6, 6.07) is 0. The zero-order valence-electron chi connectivity index (χ0n) is 9.96. The number of aryl methyl sites for hydroxylation is 1. The van der Waals surface area contributed by atoms with Crippen LogP contribution in [0.3, 0.4) is 0 Å². The molecule has 1 saturated carbocycles. The van der Waals surface area contributed by atoms with Gasteiger partial charge < -0.3 is 5.11 Å². The second-order valence-electron chi connectivity index (χ2n) is 5.44. The maximum atomic E-state index is 11.0. The number of hydrogen-bond donors (Lipinski definition) is 2. The van der Waals surface area contributed by atoms with Gasteiger partial charge in [0.2, 0.25) is 0 Å². The molecule has 0 saturated heterocycles. The highest BCUT2D eigenvalue weighted by molar-refractivity contribution is 5.69. The zero-order valence-corrected chi connectivity index (χ0v) is 9.96. The Balaban J connectivity index is 1.96. The predicted octanol–water partition coefficient (Wildman–Crippen LogP) is 2.18. The van der Waals surface area contributed by atoms with E-state index in [4.69, 9.17) is 5.11 Å². The van der Waals surface area contributed by atoms with Gasteiger partial charge in [0.05, 0.1) is 12.1 Å². The van der Waals surface area contributed by atoms with Crippen molar-refractivity contribution < 1.29 is 9.90 Å². The molecule has 0 radical (unpaired) electrons. The first-order valence-electron chi connectivity index (χ1n) is 6.50. The molecule has 0 aromatic carbocycles. The summed E-state index contributed by atoms with van der Waals surface area (Å²) in [6.45, 7) is 0. The van der Waals surface area contributed by atoms with E-state index in [1.807, 2.05) is 0 Å². The first-order valence-corrected chi connectivity index (χ1v) is 6.50. The third-order valence-corrected chi connectivity index (χ3v) is 4.36. The van der Waals surface area contributed by atoms with Gasteiger partial charge in [-0.05, 0) is 44.1 Å². The van der Waals surface area contributed by atoms with Crippen LogP contribution in [0.4, 0.5) is 0 Å². The van der Waals surface area contributed by atoms with Crippen LogP contribution in [0.2, 0.25) is 0 Å². The number of H-pyrrole nitrogens is 1. The van der Waals surface area contributed by atoms with Gasteiger partial charge in [-0.2, -0.15) is 5.10 Å². The van der Waals surface area contributed by atoms with Gasteiger partial charge in [0.15, 0.2) is 0 Å². The maximum absolute atomic E-state index is 11.0. The van der Waals surface area contributed by atoms with E-state index in [0.29, 0.717) is 0 Å². The summed E-state index contributed by atoms with van der Waals surface area (Å²) in [5.41, 5.74) is 3.49. The first kappa shape index (κ1) is 10.8. The molecule has 2 aliphatic carbocycles. The summed E-state index contributed by atoms with van der Waals surface area (Å²) in [4.78, 5) is 11.0. The quantitative estimate of drug-likeness (QED) is 0.842. The monoisotopic (exact) mass is 234 g/mol. The van der Waals surface area contributed by atoms with Crippen LogP contribution in [-0.4, -0.2) is 21.3 Å². The SMILES string of the molecule is O=C(O)CC1(c2n[nH]c3c2CCCC3)CCC1. The van der Waals surface area contributed by atoms with E-state index in [2.05, 4.69) is 10.2 Å². The molecule has 0 aliphatic heterocycles. The third-order valence-electron chi connectivity index (χ3n) is 4.36. The fraction of sp³-hybridized carbons (Fsp3) is 0.692. The molecule has 2 N–H and O–H groups in total. The summed E-state index contributed by atoms with van der Waals surface area (Å²) in [6.07, 6.45) is 7.92. The Labute approximate surface area is 100 Å². The van der Waals surface area contributed by atoms with E-state index in [-0.39, 0.29) is 11.8 Å². The Morgan fingerprint density at radius 3 is 2.71 bits per heavy atom. The Morgan fingerprint density at radius 2 is 2.06 bits per heavy atom. The smallest absolute Gasteiger partial charge is 0.304 e. The van der Waals surface area contributed by atoms with Crippen molar-refractivity contribution >= 4 is 5.97 Å². The molecule has 0 spiro atoms. The normalized spacial score (nSPS) is 21.6. The molecule has 17 heavy (non-hydrogen) atoms. The van der Waals surface area contributed by atoms with Crippen molar-refractivity contribution in [2.45, 2.75) is 56.8 Å². The van der Waals surface area contributed by atoms with Gasteiger partial charge in [-0.15, -0.1) is 0 Å². The lowest BCUT2D eigenvalue weighted by atomic mass is 9.63. The van der Waals surface area contributed by atoms with Gasteiger partial charge in [-0.25, -0.2) is 0 Å². The summed E-state index contributed by atoms with van der Waals surface area (Å²) in [5.74, 6) is -0.697. The van der Waals surface area contributed by atoms with Gasteiger partial charge in [-0.3, -0.25) is 9.89 Å². The van der Waals surface area contributed by atoms with Crippen LogP contribution < -0.4 is 0 Å². The largest absolute Gasteiger partial charge is 0.481 e. The number of aromatic nitrogens is 2. The number of carboxylic acids is 1. The van der Waals surface area contributed by atoms with Crippen LogP contribution in [0.5, 0.6) is 0 Å². The number of hydrogen-bond acceptors (Lipinski definition) is 2. The molecule has 0 unspecified atom stereocenters. The number of carboxylic acid groups (broad SMARTS) is 1. The average Bonchev–Trinajstić information content (AvgIpc) is 2.67. The molecule has 0 amide bonds. The highest BCUT2D eigenvalue weighted by Gasteiger charge is 2.44. The van der Waals surface area contributed by atoms with Crippen molar-refractivity contribution in [1.82, 2.24) is 10.2 Å². The van der Waals surface area contributed by atoms with Gasteiger partial charge in [0.25, 0.3) is 0 Å². The average molecular weight is 234 g/mol. The molecule has 1 fully saturated rings. The third kappa shape index (κ3) is 1.66. The number of nitrogens with one attached hydrogen (secondary N) is 1. The molecule has 1 aromatic rings. The minimum Gasteiger partial charge on any atom is -0.481 e. The first-order chi connectivity index (χ1) is 8.21. The summed E-state index contributed by atoms with van der Waals surface area (Å²) < 4.78 is 0. The number of carbonyl (C=O) groups is 1. The Morgan fingerprint density at radius 1 is 1.29 bits per heavy atom. The van der Waals surface area contributed by atoms with Crippen molar-refractivity contribution in [3.8, 4) is 0 Å². The van der Waals surface area contributed by atoms with Crippen LogP contribution >= 0.6 is 0 Å². The minimum atomic E-state index is -0.697. The number of aliphatic carboxylic acids is 1. The molecular formula is C13H18N2O2. The topological polar surface area (TPSA) is 66.0 Å². The van der Waals surface area contributed by atoms with Gasteiger partial charge >= 0.3 is 5.97 Å². The highest BCUT2D eigenvalue weighted by atomic mass is 16.4. The van der Waals surface area contributed by atoms with E-state index < -0.39 is 5.97 Å². The Bertz CT molecular complexity index is 446. The number of fused-ring (bicyclic) bond motifs is 1. The zero-order chi connectivity index (χ0) is 11.9. The lowest BCUT2D eigenvalue weighted by molar-refractivity contribution is -0.139. The minimum absolute atomic E-state index is 0.159. The van der Waals surface area contributed by atoms with E-state index in [9.17, 15) is 4.79 Å². The standard InChI is InChI=1S/C13H18N2O2/c16-11(17)8-13(6-3-7-13)12-9-4-1-2-5-10(9)14-15-12/h1-8H2,(H,14,15)(H,16,17). The summed E-state index contributed by atoms with van der Waals surface area (Å²) in [5, 5.41) is 16.7. The number of nitrogens with zero attached hydrogens (tertiary/aromatic N) is 1. The molecule has 3 rings (SSSR count). The lowest BCUT2D eigenvalue weighted by Gasteiger charge is -2.40. The predicted molar refractivity (Wildman–Crippen MR) is 63.0 cm³/mol. The van der Waals surface area contributed by atoms with Crippen molar-refractivity contribution in [1.29, 1.82) is 0 Å². The van der Waals surface area contributed by atoms with E-state index in [1.54, 1.807) is 0 Å². The van der Waals surface area contributed by atoms with Gasteiger partial charge in [0, 0.05) is 11.1 Å².